The highest BCUT2D eigenvalue weighted by Crippen LogP contribution is 2.21. The molecule has 0 saturated carbocycles. The Balaban J connectivity index is 2.18. The molecule has 0 aliphatic carbocycles. The number of nitrogens with zero attached hydrogens (tertiary/aromatic N) is 1. The van der Waals surface area contributed by atoms with Gasteiger partial charge in [0.25, 0.3) is 5.91 Å². The van der Waals surface area contributed by atoms with Crippen LogP contribution in [0.2, 0.25) is 10.0 Å². The van der Waals surface area contributed by atoms with Gasteiger partial charge in [0.2, 0.25) is 6.29 Å². The van der Waals surface area contributed by atoms with Crippen LogP contribution in [0.3, 0.4) is 0 Å². The first-order chi connectivity index (χ1) is 9.10. The van der Waals surface area contributed by atoms with Crippen molar-refractivity contribution in [2.24, 2.45) is 0 Å². The van der Waals surface area contributed by atoms with Crippen molar-refractivity contribution < 1.29 is 9.59 Å². The lowest BCUT2D eigenvalue weighted by Crippen LogP contribution is -2.13. The number of hydrogen-bond donors (Lipinski definition) is 1. The minimum Gasteiger partial charge on any atom is -0.307 e. The van der Waals surface area contributed by atoms with Gasteiger partial charge in [-0.25, -0.2) is 4.98 Å². The molecule has 19 heavy (non-hydrogen) atoms. The molecule has 2 rings (SSSR count). The summed E-state index contributed by atoms with van der Waals surface area (Å²) in [7, 11) is 0. The summed E-state index contributed by atoms with van der Waals surface area (Å²) in [6, 6.07) is 7.57. The van der Waals surface area contributed by atoms with Crippen LogP contribution in [0.4, 0.5) is 5.82 Å². The van der Waals surface area contributed by atoms with E-state index in [2.05, 4.69) is 10.3 Å². The Bertz CT molecular complexity index is 627. The number of pyridine rings is 1. The number of hydrogen-bond acceptors (Lipinski definition) is 3. The Hall–Kier alpha value is -1.91. The smallest absolute Gasteiger partial charge is 0.258 e. The summed E-state index contributed by atoms with van der Waals surface area (Å²) >= 11 is 11.7. The number of carbonyl (C=O) groups is 1. The summed E-state index contributed by atoms with van der Waals surface area (Å²) in [5.41, 5.74) is 0.599. The van der Waals surface area contributed by atoms with Crippen LogP contribution in [0.15, 0.2) is 36.5 Å². The maximum atomic E-state index is 11.9. The number of aromatic nitrogens is 1. The SMILES string of the molecule is O=[C]c1ccc(NC(=O)c2ccc(Cl)cc2Cl)nc1. The molecule has 0 unspecified atom stereocenters. The molecule has 0 aliphatic rings. The molecule has 1 amide bonds. The fraction of sp³-hybridized carbons (Fsp3) is 0. The van der Waals surface area contributed by atoms with E-state index in [4.69, 9.17) is 23.2 Å². The fourth-order valence-electron chi connectivity index (χ4n) is 1.39. The molecule has 4 nitrogen and oxygen atoms in total. The molecule has 0 fully saturated rings. The van der Waals surface area contributed by atoms with Crippen molar-refractivity contribution in [3.63, 3.8) is 0 Å². The zero-order valence-electron chi connectivity index (χ0n) is 9.48. The van der Waals surface area contributed by atoms with Crippen LogP contribution in [0.5, 0.6) is 0 Å². The van der Waals surface area contributed by atoms with E-state index >= 15 is 0 Å². The third-order valence-corrected chi connectivity index (χ3v) is 2.85. The Morgan fingerprint density at radius 1 is 1.21 bits per heavy atom. The van der Waals surface area contributed by atoms with E-state index in [1.54, 1.807) is 12.4 Å². The average Bonchev–Trinajstić information content (AvgIpc) is 2.39. The predicted octanol–water partition coefficient (Wildman–Crippen LogP) is 3.10. The number of amides is 1. The van der Waals surface area contributed by atoms with Crippen LogP contribution < -0.4 is 5.32 Å². The van der Waals surface area contributed by atoms with E-state index in [-0.39, 0.29) is 5.02 Å². The molecule has 1 aromatic heterocycles. The second-order valence-electron chi connectivity index (χ2n) is 3.61. The van der Waals surface area contributed by atoms with Crippen molar-refractivity contribution in [1.82, 2.24) is 4.98 Å². The van der Waals surface area contributed by atoms with Crippen molar-refractivity contribution >= 4 is 41.2 Å². The van der Waals surface area contributed by atoms with Crippen LogP contribution in [-0.4, -0.2) is 17.2 Å². The normalized spacial score (nSPS) is 10.0. The topological polar surface area (TPSA) is 59.1 Å². The zero-order chi connectivity index (χ0) is 13.8. The highest BCUT2D eigenvalue weighted by atomic mass is 35.5. The third-order valence-electron chi connectivity index (χ3n) is 2.30. The van der Waals surface area contributed by atoms with E-state index in [1.807, 2.05) is 0 Å². The van der Waals surface area contributed by atoms with Crippen molar-refractivity contribution in [3.05, 3.63) is 57.7 Å². The highest BCUT2D eigenvalue weighted by Gasteiger charge is 2.11. The molecule has 1 radical (unpaired) electrons. The number of halogens is 2. The average molecular weight is 294 g/mol. The summed E-state index contributed by atoms with van der Waals surface area (Å²) < 4.78 is 0. The van der Waals surface area contributed by atoms with Crippen molar-refractivity contribution in [2.45, 2.75) is 0 Å². The summed E-state index contributed by atoms with van der Waals surface area (Å²) in [6.07, 6.45) is 3.01. The molecule has 95 valence electrons. The second kappa shape index (κ2) is 5.82. The number of benzene rings is 1. The maximum absolute atomic E-state index is 11.9. The van der Waals surface area contributed by atoms with Gasteiger partial charge in [-0.3, -0.25) is 9.59 Å². The first kappa shape index (κ1) is 13.5. The molecule has 1 aromatic carbocycles. The standard InChI is InChI=1S/C13H7Cl2N2O2/c14-9-2-3-10(11(15)5-9)13(19)17-12-4-1-8(7-18)6-16-12/h1-6H,(H,16,17,19). The van der Waals surface area contributed by atoms with Gasteiger partial charge >= 0.3 is 0 Å². The van der Waals surface area contributed by atoms with Gasteiger partial charge in [-0.05, 0) is 30.3 Å². The monoisotopic (exact) mass is 293 g/mol. The van der Waals surface area contributed by atoms with Gasteiger partial charge in [0.15, 0.2) is 0 Å². The first-order valence-electron chi connectivity index (χ1n) is 5.21. The Labute approximate surface area is 119 Å². The van der Waals surface area contributed by atoms with Crippen LogP contribution in [-0.2, 0) is 4.79 Å². The molecule has 0 atom stereocenters. The Morgan fingerprint density at radius 2 is 2.00 bits per heavy atom. The number of anilines is 1. The first-order valence-corrected chi connectivity index (χ1v) is 5.96. The van der Waals surface area contributed by atoms with E-state index in [0.717, 1.165) is 0 Å². The van der Waals surface area contributed by atoms with Gasteiger partial charge in [-0.15, -0.1) is 0 Å². The summed E-state index contributed by atoms with van der Waals surface area (Å²) in [4.78, 5) is 26.2. The minimum absolute atomic E-state index is 0.253. The largest absolute Gasteiger partial charge is 0.307 e. The molecule has 0 spiro atoms. The van der Waals surface area contributed by atoms with E-state index in [9.17, 15) is 9.59 Å². The van der Waals surface area contributed by atoms with Crippen molar-refractivity contribution in [3.8, 4) is 0 Å². The zero-order valence-corrected chi connectivity index (χ0v) is 11.0. The van der Waals surface area contributed by atoms with Gasteiger partial charge < -0.3 is 5.32 Å². The quantitative estimate of drug-likeness (QED) is 0.946. The maximum Gasteiger partial charge on any atom is 0.258 e. The molecular weight excluding hydrogens is 287 g/mol. The molecule has 0 aliphatic heterocycles. The van der Waals surface area contributed by atoms with Crippen LogP contribution in [0.25, 0.3) is 0 Å². The summed E-state index contributed by atoms with van der Waals surface area (Å²) in [5.74, 6) is -0.0907. The Morgan fingerprint density at radius 3 is 2.58 bits per heavy atom. The molecule has 1 heterocycles. The lowest BCUT2D eigenvalue weighted by Gasteiger charge is -2.06. The minimum atomic E-state index is -0.406. The van der Waals surface area contributed by atoms with E-state index < -0.39 is 5.91 Å². The molecule has 1 N–H and O–H groups in total. The van der Waals surface area contributed by atoms with Gasteiger partial charge in [0.1, 0.15) is 5.82 Å². The van der Waals surface area contributed by atoms with Gasteiger partial charge in [0.05, 0.1) is 10.6 Å². The van der Waals surface area contributed by atoms with Crippen LogP contribution >= 0.6 is 23.2 Å². The molecule has 6 heteroatoms. The fourth-order valence-corrected chi connectivity index (χ4v) is 1.88. The molecule has 0 saturated heterocycles. The predicted molar refractivity (Wildman–Crippen MR) is 73.4 cm³/mol. The van der Waals surface area contributed by atoms with Crippen molar-refractivity contribution in [2.75, 3.05) is 5.32 Å². The molecular formula is C13H7Cl2N2O2. The number of rotatable bonds is 3. The summed E-state index contributed by atoms with van der Waals surface area (Å²) in [6.45, 7) is 0. The van der Waals surface area contributed by atoms with Crippen molar-refractivity contribution in [1.29, 1.82) is 0 Å². The summed E-state index contributed by atoms with van der Waals surface area (Å²) in [5, 5.41) is 3.26. The Kier molecular flexibility index (Phi) is 4.14. The van der Waals surface area contributed by atoms with Crippen LogP contribution in [0, 0.1) is 0 Å². The molecule has 0 bridgehead atoms. The van der Waals surface area contributed by atoms with Gasteiger partial charge in [-0.2, -0.15) is 0 Å². The third kappa shape index (κ3) is 3.30. The number of nitrogens with one attached hydrogen (secondary N) is 1. The second-order valence-corrected chi connectivity index (χ2v) is 4.46. The van der Waals surface area contributed by atoms with E-state index in [0.29, 0.717) is 22.0 Å². The van der Waals surface area contributed by atoms with Gasteiger partial charge in [-0.1, -0.05) is 23.2 Å². The molecule has 2 aromatic rings. The highest BCUT2D eigenvalue weighted by molar-refractivity contribution is 6.37. The number of carbonyl (C=O) groups excluding carboxylic acids is 2. The van der Waals surface area contributed by atoms with E-state index in [1.165, 1.54) is 30.5 Å². The lowest BCUT2D eigenvalue weighted by atomic mass is 10.2. The van der Waals surface area contributed by atoms with Gasteiger partial charge in [0, 0.05) is 16.8 Å². The lowest BCUT2D eigenvalue weighted by molar-refractivity contribution is 0.102. The van der Waals surface area contributed by atoms with Crippen LogP contribution in [0.1, 0.15) is 15.9 Å².